The highest BCUT2D eigenvalue weighted by Crippen LogP contribution is 2.33. The van der Waals surface area contributed by atoms with Crippen molar-refractivity contribution in [2.75, 3.05) is 6.54 Å². The Kier molecular flexibility index (Phi) is 3.54. The molecule has 0 radical (unpaired) electrons. The fraction of sp³-hybridized carbons (Fsp3) is 0.417. The standard InChI is InChI=1S/C12H14ClNO3/c13-10-5-7(9(6-14)12(15)16)1-4-11(10)17-8-2-3-8/h1,4-5,8-9H,2-3,6,14H2,(H,15,16). The highest BCUT2D eigenvalue weighted by Gasteiger charge is 2.25. The van der Waals surface area contributed by atoms with Crippen LogP contribution in [0.15, 0.2) is 18.2 Å². The molecule has 92 valence electrons. The number of hydrogen-bond acceptors (Lipinski definition) is 3. The number of carboxylic acids is 1. The summed E-state index contributed by atoms with van der Waals surface area (Å²) in [6.45, 7) is 0.0501. The number of aliphatic carboxylic acids is 1. The van der Waals surface area contributed by atoms with Crippen molar-refractivity contribution in [1.29, 1.82) is 0 Å². The summed E-state index contributed by atoms with van der Waals surface area (Å²) in [5, 5.41) is 9.43. The third-order valence-corrected chi connectivity index (χ3v) is 3.01. The summed E-state index contributed by atoms with van der Waals surface area (Å²) in [6.07, 6.45) is 2.38. The minimum absolute atomic E-state index is 0.0501. The van der Waals surface area contributed by atoms with Crippen LogP contribution in [0.25, 0.3) is 0 Å². The topological polar surface area (TPSA) is 72.6 Å². The van der Waals surface area contributed by atoms with Crippen LogP contribution in [0.1, 0.15) is 24.3 Å². The summed E-state index contributed by atoms with van der Waals surface area (Å²) >= 11 is 6.05. The molecular weight excluding hydrogens is 242 g/mol. The molecule has 1 aliphatic carbocycles. The zero-order chi connectivity index (χ0) is 12.4. The van der Waals surface area contributed by atoms with Crippen LogP contribution in [0.4, 0.5) is 0 Å². The first-order valence-corrected chi connectivity index (χ1v) is 5.88. The molecule has 1 aliphatic rings. The third kappa shape index (κ3) is 2.90. The van der Waals surface area contributed by atoms with Crippen molar-refractivity contribution >= 4 is 17.6 Å². The summed E-state index contributed by atoms with van der Waals surface area (Å²) < 4.78 is 5.57. The van der Waals surface area contributed by atoms with Gasteiger partial charge in [-0.3, -0.25) is 4.79 Å². The lowest BCUT2D eigenvalue weighted by Crippen LogP contribution is -2.21. The number of carbonyl (C=O) groups is 1. The van der Waals surface area contributed by atoms with Gasteiger partial charge in [-0.15, -0.1) is 0 Å². The fourth-order valence-electron chi connectivity index (χ4n) is 1.57. The van der Waals surface area contributed by atoms with E-state index in [2.05, 4.69) is 0 Å². The van der Waals surface area contributed by atoms with Crippen LogP contribution in [0, 0.1) is 0 Å². The number of nitrogens with two attached hydrogens (primary N) is 1. The number of benzene rings is 1. The average molecular weight is 256 g/mol. The Labute approximate surface area is 104 Å². The number of halogens is 1. The van der Waals surface area contributed by atoms with Crippen LogP contribution in [0.5, 0.6) is 5.75 Å². The first-order chi connectivity index (χ1) is 8.11. The summed E-state index contributed by atoms with van der Waals surface area (Å²) in [5.41, 5.74) is 6.03. The monoisotopic (exact) mass is 255 g/mol. The van der Waals surface area contributed by atoms with Gasteiger partial charge in [0.15, 0.2) is 0 Å². The molecule has 0 saturated heterocycles. The molecule has 1 aromatic rings. The molecule has 2 rings (SSSR count). The number of ether oxygens (including phenoxy) is 1. The molecule has 0 aromatic heterocycles. The summed E-state index contributed by atoms with van der Waals surface area (Å²) in [5.74, 6) is -1.05. The van der Waals surface area contributed by atoms with Crippen molar-refractivity contribution < 1.29 is 14.6 Å². The van der Waals surface area contributed by atoms with Crippen molar-refractivity contribution in [3.05, 3.63) is 28.8 Å². The van der Waals surface area contributed by atoms with E-state index >= 15 is 0 Å². The van der Waals surface area contributed by atoms with Gasteiger partial charge in [0.1, 0.15) is 5.75 Å². The largest absolute Gasteiger partial charge is 0.489 e. The van der Waals surface area contributed by atoms with Crippen LogP contribution >= 0.6 is 11.6 Å². The Balaban J connectivity index is 2.19. The molecular formula is C12H14ClNO3. The summed E-state index contributed by atoms with van der Waals surface area (Å²) in [4.78, 5) is 11.0. The molecule has 0 bridgehead atoms. The minimum Gasteiger partial charge on any atom is -0.489 e. The second-order valence-corrected chi connectivity index (χ2v) is 4.54. The van der Waals surface area contributed by atoms with Gasteiger partial charge >= 0.3 is 5.97 Å². The molecule has 1 saturated carbocycles. The Morgan fingerprint density at radius 1 is 1.59 bits per heavy atom. The minimum atomic E-state index is -0.945. The second-order valence-electron chi connectivity index (χ2n) is 4.13. The Hall–Kier alpha value is -1.26. The van der Waals surface area contributed by atoms with Crippen molar-refractivity contribution in [2.24, 2.45) is 5.73 Å². The lowest BCUT2D eigenvalue weighted by atomic mass is 9.99. The quantitative estimate of drug-likeness (QED) is 0.844. The molecule has 5 heteroatoms. The van der Waals surface area contributed by atoms with Crippen molar-refractivity contribution in [2.45, 2.75) is 24.9 Å². The molecule has 1 atom stereocenters. The van der Waals surface area contributed by atoms with E-state index in [-0.39, 0.29) is 12.6 Å². The van der Waals surface area contributed by atoms with E-state index in [4.69, 9.17) is 27.2 Å². The van der Waals surface area contributed by atoms with E-state index in [1.54, 1.807) is 18.2 Å². The van der Waals surface area contributed by atoms with Crippen molar-refractivity contribution in [3.63, 3.8) is 0 Å². The van der Waals surface area contributed by atoms with Crippen LogP contribution in [-0.2, 0) is 4.79 Å². The van der Waals surface area contributed by atoms with Gasteiger partial charge in [0.05, 0.1) is 17.0 Å². The van der Waals surface area contributed by atoms with Crippen LogP contribution < -0.4 is 10.5 Å². The number of hydrogen-bond donors (Lipinski definition) is 2. The van der Waals surface area contributed by atoms with Gasteiger partial charge in [-0.25, -0.2) is 0 Å². The van der Waals surface area contributed by atoms with Crippen molar-refractivity contribution in [1.82, 2.24) is 0 Å². The Morgan fingerprint density at radius 2 is 2.29 bits per heavy atom. The Bertz CT molecular complexity index is 432. The molecule has 0 aliphatic heterocycles. The van der Waals surface area contributed by atoms with E-state index in [1.165, 1.54) is 0 Å². The number of rotatable bonds is 5. The lowest BCUT2D eigenvalue weighted by molar-refractivity contribution is -0.138. The van der Waals surface area contributed by atoms with Gasteiger partial charge in [0, 0.05) is 6.54 Å². The second kappa shape index (κ2) is 4.94. The summed E-state index contributed by atoms with van der Waals surface area (Å²) in [6, 6.07) is 5.03. The molecule has 1 unspecified atom stereocenters. The maximum absolute atomic E-state index is 11.0. The van der Waals surface area contributed by atoms with E-state index in [0.29, 0.717) is 16.3 Å². The van der Waals surface area contributed by atoms with E-state index < -0.39 is 11.9 Å². The molecule has 0 amide bonds. The zero-order valence-corrected chi connectivity index (χ0v) is 9.98. The summed E-state index contributed by atoms with van der Waals surface area (Å²) in [7, 11) is 0. The first-order valence-electron chi connectivity index (χ1n) is 5.50. The molecule has 1 fully saturated rings. The predicted octanol–water partition coefficient (Wildman–Crippen LogP) is 2.01. The lowest BCUT2D eigenvalue weighted by Gasteiger charge is -2.12. The third-order valence-electron chi connectivity index (χ3n) is 2.71. The van der Waals surface area contributed by atoms with E-state index in [1.807, 2.05) is 0 Å². The van der Waals surface area contributed by atoms with Gasteiger partial charge in [-0.2, -0.15) is 0 Å². The smallest absolute Gasteiger partial charge is 0.312 e. The zero-order valence-electron chi connectivity index (χ0n) is 9.23. The van der Waals surface area contributed by atoms with Gasteiger partial charge in [-0.05, 0) is 30.5 Å². The van der Waals surface area contributed by atoms with Crippen molar-refractivity contribution in [3.8, 4) is 5.75 Å². The maximum atomic E-state index is 11.0. The Morgan fingerprint density at radius 3 is 2.76 bits per heavy atom. The van der Waals surface area contributed by atoms with Gasteiger partial charge < -0.3 is 15.6 Å². The fourth-order valence-corrected chi connectivity index (χ4v) is 1.81. The van der Waals surface area contributed by atoms with Crippen LogP contribution in [0.2, 0.25) is 5.02 Å². The average Bonchev–Trinajstić information content (AvgIpc) is 3.06. The van der Waals surface area contributed by atoms with Gasteiger partial charge in [0.25, 0.3) is 0 Å². The highest BCUT2D eigenvalue weighted by molar-refractivity contribution is 6.32. The first kappa shape index (κ1) is 12.2. The maximum Gasteiger partial charge on any atom is 0.312 e. The normalized spacial score (nSPS) is 16.6. The molecule has 17 heavy (non-hydrogen) atoms. The predicted molar refractivity (Wildman–Crippen MR) is 64.5 cm³/mol. The van der Waals surface area contributed by atoms with Crippen LogP contribution in [-0.4, -0.2) is 23.7 Å². The SMILES string of the molecule is NCC(C(=O)O)c1ccc(OC2CC2)c(Cl)c1. The molecule has 0 spiro atoms. The molecule has 1 aromatic carbocycles. The highest BCUT2D eigenvalue weighted by atomic mass is 35.5. The molecule has 3 N–H and O–H groups in total. The molecule has 4 nitrogen and oxygen atoms in total. The molecule has 0 heterocycles. The van der Waals surface area contributed by atoms with E-state index in [0.717, 1.165) is 12.8 Å². The van der Waals surface area contributed by atoms with Crippen LogP contribution in [0.3, 0.4) is 0 Å². The van der Waals surface area contributed by atoms with Gasteiger partial charge in [-0.1, -0.05) is 17.7 Å². The number of carboxylic acid groups (broad SMARTS) is 1. The van der Waals surface area contributed by atoms with E-state index in [9.17, 15) is 4.79 Å². The van der Waals surface area contributed by atoms with Gasteiger partial charge in [0.2, 0.25) is 0 Å².